The second-order valence-electron chi connectivity index (χ2n) is 6.17. The average molecular weight is 423 g/mol. The van der Waals surface area contributed by atoms with Gasteiger partial charge in [-0.05, 0) is 29.0 Å². The molecule has 1 heterocycles. The molecule has 2 aromatic carbocycles. The van der Waals surface area contributed by atoms with Crippen LogP contribution in [0.2, 0.25) is 0 Å². The van der Waals surface area contributed by atoms with E-state index < -0.39 is 43.3 Å². The minimum atomic E-state index is -3.11. The molecule has 0 saturated carbocycles. The summed E-state index contributed by atoms with van der Waals surface area (Å²) in [5.74, 6) is -4.42. The van der Waals surface area contributed by atoms with E-state index >= 15 is 0 Å². The molecule has 1 aliphatic rings. The summed E-state index contributed by atoms with van der Waals surface area (Å²) >= 11 is 0.0899. The number of likely N-dealkylation sites (tertiary alicyclic amines) is 1. The molecule has 0 aliphatic carbocycles. The van der Waals surface area contributed by atoms with Gasteiger partial charge in [-0.2, -0.15) is 9.15 Å². The fourth-order valence-corrected chi connectivity index (χ4v) is 3.35. The smallest absolute Gasteiger partial charge is 0.268 e. The third kappa shape index (κ3) is 5.21. The molecule has 1 saturated heterocycles. The minimum absolute atomic E-state index is 0.0899. The number of alkyl halides is 2. The van der Waals surface area contributed by atoms with Crippen molar-refractivity contribution in [3.05, 3.63) is 42.0 Å². The molecule has 1 N–H and O–H groups in total. The number of carbonyl (C=O) groups excluding carboxylic acids is 2. The van der Waals surface area contributed by atoms with Gasteiger partial charge in [0.2, 0.25) is 5.91 Å². The van der Waals surface area contributed by atoms with Gasteiger partial charge in [-0.15, -0.1) is 0 Å². The molecule has 29 heavy (non-hydrogen) atoms. The van der Waals surface area contributed by atoms with Gasteiger partial charge in [-0.3, -0.25) is 9.59 Å². The van der Waals surface area contributed by atoms with Crippen molar-refractivity contribution >= 4 is 34.7 Å². The lowest BCUT2D eigenvalue weighted by atomic mass is 10.0. The van der Waals surface area contributed by atoms with Crippen LogP contribution in [0.3, 0.4) is 0 Å². The molecule has 0 spiro atoms. The lowest BCUT2D eigenvalue weighted by molar-refractivity contribution is -0.131. The normalized spacial score (nSPS) is 17.2. The molecule has 5 nitrogen and oxygen atoms in total. The molecule has 1 unspecified atom stereocenters. The molecule has 2 amide bonds. The Morgan fingerprint density at radius 3 is 2.69 bits per heavy atom. The number of amides is 2. The van der Waals surface area contributed by atoms with Crippen LogP contribution >= 0.6 is 12.1 Å². The van der Waals surface area contributed by atoms with Gasteiger partial charge in [0.1, 0.15) is 6.04 Å². The first-order valence-electron chi connectivity index (χ1n) is 9.01. The van der Waals surface area contributed by atoms with Crippen LogP contribution in [0.4, 0.5) is 12.7 Å². The van der Waals surface area contributed by atoms with Crippen LogP contribution < -0.4 is 5.32 Å². The first-order chi connectivity index (χ1) is 13.8. The van der Waals surface area contributed by atoms with E-state index in [9.17, 15) is 22.3 Å². The number of hydrogen-bond acceptors (Lipinski definition) is 4. The van der Waals surface area contributed by atoms with Crippen LogP contribution in [0.5, 0.6) is 0 Å². The third-order valence-electron chi connectivity index (χ3n) is 4.33. The second-order valence-corrected chi connectivity index (χ2v) is 6.80. The highest BCUT2D eigenvalue weighted by Gasteiger charge is 2.47. The van der Waals surface area contributed by atoms with Gasteiger partial charge in [-0.25, -0.2) is 8.78 Å². The molecule has 1 atom stereocenters. The number of carbonyl (C=O) groups is 2. The Balaban J connectivity index is 0.00000145. The van der Waals surface area contributed by atoms with Crippen molar-refractivity contribution in [2.45, 2.75) is 37.1 Å². The summed E-state index contributed by atoms with van der Waals surface area (Å²) in [5, 5.41) is 12.6. The number of benzene rings is 2. The van der Waals surface area contributed by atoms with Gasteiger partial charge < -0.3 is 10.2 Å². The maximum atomic E-state index is 13.4. The Bertz CT molecular complexity index is 946. The van der Waals surface area contributed by atoms with Crippen molar-refractivity contribution in [3.8, 4) is 6.07 Å². The summed E-state index contributed by atoms with van der Waals surface area (Å²) in [5.41, 5.74) is 0.277. The van der Waals surface area contributed by atoms with E-state index in [1.165, 1.54) is 6.07 Å². The lowest BCUT2D eigenvalue weighted by Crippen LogP contribution is -2.43. The summed E-state index contributed by atoms with van der Waals surface area (Å²) in [7, 11) is 0. The van der Waals surface area contributed by atoms with Gasteiger partial charge in [0.05, 0.1) is 31.3 Å². The van der Waals surface area contributed by atoms with E-state index in [0.717, 1.165) is 4.90 Å². The predicted octanol–water partition coefficient (Wildman–Crippen LogP) is 4.33. The molecular formula is C20H20F3N3O2S. The topological polar surface area (TPSA) is 73.2 Å². The summed E-state index contributed by atoms with van der Waals surface area (Å²) in [6, 6.07) is 10.1. The van der Waals surface area contributed by atoms with Crippen LogP contribution in [0.25, 0.3) is 10.8 Å². The van der Waals surface area contributed by atoms with Gasteiger partial charge in [0.15, 0.2) is 0 Å². The van der Waals surface area contributed by atoms with E-state index in [1.807, 2.05) is 13.8 Å². The van der Waals surface area contributed by atoms with Gasteiger partial charge in [0, 0.05) is 16.9 Å². The van der Waals surface area contributed by atoms with Crippen molar-refractivity contribution in [2.24, 2.45) is 0 Å². The SMILES string of the molecule is CC.N#CC1CC(F)(F)CN1C(=O)CNC(=O)c1cccc2cc(SF)ccc12. The molecule has 0 radical (unpaired) electrons. The number of nitriles is 1. The Labute approximate surface area is 171 Å². The molecule has 1 fully saturated rings. The molecule has 2 aromatic rings. The minimum Gasteiger partial charge on any atom is -0.343 e. The maximum absolute atomic E-state index is 13.4. The van der Waals surface area contributed by atoms with Crippen molar-refractivity contribution in [1.82, 2.24) is 10.2 Å². The van der Waals surface area contributed by atoms with Gasteiger partial charge in [-0.1, -0.05) is 32.0 Å². The van der Waals surface area contributed by atoms with Crippen LogP contribution in [0, 0.1) is 11.3 Å². The Morgan fingerprint density at radius 1 is 1.31 bits per heavy atom. The zero-order valence-electron chi connectivity index (χ0n) is 15.9. The highest BCUT2D eigenvalue weighted by molar-refractivity contribution is 7.94. The Hall–Kier alpha value is -2.73. The molecule has 154 valence electrons. The van der Waals surface area contributed by atoms with E-state index in [2.05, 4.69) is 5.32 Å². The van der Waals surface area contributed by atoms with Gasteiger partial charge in [0.25, 0.3) is 11.8 Å². The zero-order valence-corrected chi connectivity index (χ0v) is 16.7. The first-order valence-corrected chi connectivity index (χ1v) is 9.73. The van der Waals surface area contributed by atoms with E-state index in [0.29, 0.717) is 15.7 Å². The number of nitrogens with zero attached hydrogens (tertiary/aromatic N) is 2. The molecule has 0 bridgehead atoms. The Kier molecular flexibility index (Phi) is 7.51. The van der Waals surface area contributed by atoms with Crippen molar-refractivity contribution in [1.29, 1.82) is 5.26 Å². The molecule has 0 aromatic heterocycles. The molecule has 3 rings (SSSR count). The maximum Gasteiger partial charge on any atom is 0.268 e. The van der Waals surface area contributed by atoms with Crippen LogP contribution in [0.15, 0.2) is 41.3 Å². The number of nitrogens with one attached hydrogen (secondary N) is 1. The summed E-state index contributed by atoms with van der Waals surface area (Å²) in [6.45, 7) is 2.67. The largest absolute Gasteiger partial charge is 0.343 e. The quantitative estimate of drug-likeness (QED) is 0.794. The zero-order chi connectivity index (χ0) is 21.6. The van der Waals surface area contributed by atoms with Crippen LogP contribution in [-0.4, -0.2) is 41.8 Å². The van der Waals surface area contributed by atoms with Gasteiger partial charge >= 0.3 is 0 Å². The predicted molar refractivity (Wildman–Crippen MR) is 105 cm³/mol. The molecular weight excluding hydrogens is 403 g/mol. The van der Waals surface area contributed by atoms with Crippen LogP contribution in [-0.2, 0) is 4.79 Å². The number of halogens is 3. The fourth-order valence-electron chi connectivity index (χ4n) is 3.05. The lowest BCUT2D eigenvalue weighted by Gasteiger charge is -2.19. The van der Waals surface area contributed by atoms with E-state index in [-0.39, 0.29) is 17.7 Å². The standard InChI is InChI=1S/C18H14F3N3O2S.C2H6/c19-18(20)7-12(8-22)24(10-18)16(25)9-23-17(26)15-3-1-2-11-6-13(27-21)4-5-14(11)15;1-2/h1-6,12H,7,9-10H2,(H,23,26);1-2H3. The monoisotopic (exact) mass is 423 g/mol. The van der Waals surface area contributed by atoms with E-state index in [1.54, 1.807) is 36.4 Å². The third-order valence-corrected chi connectivity index (χ3v) is 4.76. The van der Waals surface area contributed by atoms with Crippen LogP contribution in [0.1, 0.15) is 30.6 Å². The highest BCUT2D eigenvalue weighted by atomic mass is 32.2. The number of fused-ring (bicyclic) bond motifs is 1. The number of hydrogen-bond donors (Lipinski definition) is 1. The summed E-state index contributed by atoms with van der Waals surface area (Å²) in [4.78, 5) is 25.8. The summed E-state index contributed by atoms with van der Waals surface area (Å²) < 4.78 is 39.6. The highest BCUT2D eigenvalue weighted by Crippen LogP contribution is 2.31. The average Bonchev–Trinajstić information content (AvgIpc) is 3.07. The van der Waals surface area contributed by atoms with Crippen molar-refractivity contribution in [2.75, 3.05) is 13.1 Å². The first kappa shape index (κ1) is 22.6. The molecule has 1 aliphatic heterocycles. The second kappa shape index (κ2) is 9.65. The fraction of sp³-hybridized carbons (Fsp3) is 0.350. The number of rotatable bonds is 4. The Morgan fingerprint density at radius 2 is 2.03 bits per heavy atom. The van der Waals surface area contributed by atoms with Crippen molar-refractivity contribution < 1.29 is 22.3 Å². The summed E-state index contributed by atoms with van der Waals surface area (Å²) in [6.07, 6.45) is -0.707. The molecule has 9 heteroatoms. The van der Waals surface area contributed by atoms with Crippen molar-refractivity contribution in [3.63, 3.8) is 0 Å². The van der Waals surface area contributed by atoms with E-state index in [4.69, 9.17) is 5.26 Å².